The van der Waals surface area contributed by atoms with Gasteiger partial charge in [-0.1, -0.05) is 26.0 Å². The number of ether oxygens (including phenoxy) is 1. The number of benzene rings is 2. The molecular formula is C22H29N3O4S. The first-order valence-electron chi connectivity index (χ1n) is 10.1. The van der Waals surface area contributed by atoms with Crippen LogP contribution < -0.4 is 15.0 Å². The van der Waals surface area contributed by atoms with E-state index < -0.39 is 10.0 Å². The molecule has 1 aliphatic heterocycles. The van der Waals surface area contributed by atoms with E-state index in [0.717, 1.165) is 11.4 Å². The van der Waals surface area contributed by atoms with E-state index in [0.29, 0.717) is 38.3 Å². The standard InChI is InChI=1S/C22H29N3O4S/c1-17(2)16-22(26)23-18-8-10-19(11-9-18)30(27,28)25-14-12-24(13-15-25)20-6-4-5-7-21(20)29-3/h4-11,17H,12-16H2,1-3H3,(H,23,26). The van der Waals surface area contributed by atoms with Gasteiger partial charge in [0.25, 0.3) is 0 Å². The van der Waals surface area contributed by atoms with Gasteiger partial charge in [-0.25, -0.2) is 8.42 Å². The summed E-state index contributed by atoms with van der Waals surface area (Å²) in [6, 6.07) is 14.1. The van der Waals surface area contributed by atoms with Gasteiger partial charge < -0.3 is 15.0 Å². The number of rotatable bonds is 7. The van der Waals surface area contributed by atoms with Gasteiger partial charge in [0.2, 0.25) is 15.9 Å². The Morgan fingerprint density at radius 3 is 2.27 bits per heavy atom. The van der Waals surface area contributed by atoms with Crippen molar-refractivity contribution in [3.8, 4) is 5.75 Å². The van der Waals surface area contributed by atoms with Gasteiger partial charge in [0.05, 0.1) is 17.7 Å². The molecule has 0 aliphatic carbocycles. The first-order valence-corrected chi connectivity index (χ1v) is 11.5. The third-order valence-electron chi connectivity index (χ3n) is 5.03. The number of carbonyl (C=O) groups excluding carboxylic acids is 1. The van der Waals surface area contributed by atoms with Crippen LogP contribution in [0.15, 0.2) is 53.4 Å². The number of para-hydroxylation sites is 2. The van der Waals surface area contributed by atoms with Gasteiger partial charge >= 0.3 is 0 Å². The number of sulfonamides is 1. The highest BCUT2D eigenvalue weighted by atomic mass is 32.2. The lowest BCUT2D eigenvalue weighted by Crippen LogP contribution is -2.48. The molecule has 0 aromatic heterocycles. The Hall–Kier alpha value is -2.58. The Morgan fingerprint density at radius 2 is 1.67 bits per heavy atom. The summed E-state index contributed by atoms with van der Waals surface area (Å²) >= 11 is 0. The number of carbonyl (C=O) groups is 1. The highest BCUT2D eigenvalue weighted by molar-refractivity contribution is 7.89. The van der Waals surface area contributed by atoms with Crippen LogP contribution in [0.25, 0.3) is 0 Å². The van der Waals surface area contributed by atoms with E-state index in [9.17, 15) is 13.2 Å². The van der Waals surface area contributed by atoms with E-state index in [1.807, 2.05) is 38.1 Å². The maximum absolute atomic E-state index is 13.0. The van der Waals surface area contributed by atoms with Crippen LogP contribution in [0.1, 0.15) is 20.3 Å². The average molecular weight is 432 g/mol. The molecular weight excluding hydrogens is 402 g/mol. The van der Waals surface area contributed by atoms with E-state index in [-0.39, 0.29) is 16.7 Å². The first kappa shape index (κ1) is 22.1. The maximum atomic E-state index is 13.0. The van der Waals surface area contributed by atoms with Gasteiger partial charge in [-0.3, -0.25) is 4.79 Å². The molecule has 1 saturated heterocycles. The van der Waals surface area contributed by atoms with Gasteiger partial charge in [-0.05, 0) is 42.3 Å². The second-order valence-electron chi connectivity index (χ2n) is 7.73. The van der Waals surface area contributed by atoms with Gasteiger partial charge in [0, 0.05) is 38.3 Å². The van der Waals surface area contributed by atoms with Crippen LogP contribution in [0.3, 0.4) is 0 Å². The van der Waals surface area contributed by atoms with Crippen molar-refractivity contribution in [2.24, 2.45) is 5.92 Å². The Kier molecular flexibility index (Phi) is 6.99. The summed E-state index contributed by atoms with van der Waals surface area (Å²) in [5.41, 5.74) is 1.57. The average Bonchev–Trinajstić information content (AvgIpc) is 2.73. The summed E-state index contributed by atoms with van der Waals surface area (Å²) < 4.78 is 33.0. The molecule has 1 heterocycles. The van der Waals surface area contributed by atoms with Crippen molar-refractivity contribution in [1.29, 1.82) is 0 Å². The van der Waals surface area contributed by atoms with Gasteiger partial charge in [0.1, 0.15) is 5.75 Å². The molecule has 0 atom stereocenters. The summed E-state index contributed by atoms with van der Waals surface area (Å²) in [5.74, 6) is 0.969. The highest BCUT2D eigenvalue weighted by Crippen LogP contribution is 2.29. The van der Waals surface area contributed by atoms with E-state index in [4.69, 9.17) is 4.74 Å². The van der Waals surface area contributed by atoms with Crippen LogP contribution in [0, 0.1) is 5.92 Å². The SMILES string of the molecule is COc1ccccc1N1CCN(S(=O)(=O)c2ccc(NC(=O)CC(C)C)cc2)CC1. The Balaban J connectivity index is 1.64. The van der Waals surface area contributed by atoms with Crippen molar-refractivity contribution in [1.82, 2.24) is 4.31 Å². The van der Waals surface area contributed by atoms with Gasteiger partial charge in [-0.2, -0.15) is 4.31 Å². The highest BCUT2D eigenvalue weighted by Gasteiger charge is 2.29. The zero-order chi connectivity index (χ0) is 21.7. The topological polar surface area (TPSA) is 79.0 Å². The molecule has 3 rings (SSSR count). The Labute approximate surface area is 178 Å². The normalized spacial score (nSPS) is 15.3. The predicted octanol–water partition coefficient (Wildman–Crippen LogP) is 3.19. The minimum atomic E-state index is -3.58. The maximum Gasteiger partial charge on any atom is 0.243 e. The summed E-state index contributed by atoms with van der Waals surface area (Å²) in [7, 11) is -1.95. The van der Waals surface area contributed by atoms with Crippen LogP contribution >= 0.6 is 0 Å². The zero-order valence-corrected chi connectivity index (χ0v) is 18.5. The fourth-order valence-corrected chi connectivity index (χ4v) is 4.92. The molecule has 2 aromatic rings. The number of amides is 1. The zero-order valence-electron chi connectivity index (χ0n) is 17.7. The number of nitrogens with one attached hydrogen (secondary N) is 1. The number of hydrogen-bond acceptors (Lipinski definition) is 5. The van der Waals surface area contributed by atoms with Crippen LogP contribution in [-0.2, 0) is 14.8 Å². The van der Waals surface area contributed by atoms with Crippen molar-refractivity contribution in [2.45, 2.75) is 25.2 Å². The van der Waals surface area contributed by atoms with E-state index in [2.05, 4.69) is 10.2 Å². The molecule has 0 radical (unpaired) electrons. The number of piperazine rings is 1. The third kappa shape index (κ3) is 5.12. The molecule has 1 fully saturated rings. The van der Waals surface area contributed by atoms with Crippen molar-refractivity contribution < 1.29 is 17.9 Å². The molecule has 1 aliphatic rings. The van der Waals surface area contributed by atoms with Crippen LogP contribution in [0.2, 0.25) is 0 Å². The molecule has 0 bridgehead atoms. The van der Waals surface area contributed by atoms with Crippen molar-refractivity contribution >= 4 is 27.3 Å². The molecule has 1 N–H and O–H groups in total. The summed E-state index contributed by atoms with van der Waals surface area (Å²) in [6.07, 6.45) is 0.427. The fourth-order valence-electron chi connectivity index (χ4n) is 3.50. The van der Waals surface area contributed by atoms with Crippen molar-refractivity contribution in [3.05, 3.63) is 48.5 Å². The minimum Gasteiger partial charge on any atom is -0.495 e. The number of methoxy groups -OCH3 is 1. The minimum absolute atomic E-state index is 0.0759. The molecule has 2 aromatic carbocycles. The van der Waals surface area contributed by atoms with Crippen molar-refractivity contribution in [3.63, 3.8) is 0 Å². The quantitative estimate of drug-likeness (QED) is 0.728. The lowest BCUT2D eigenvalue weighted by molar-refractivity contribution is -0.116. The second kappa shape index (κ2) is 9.49. The second-order valence-corrected chi connectivity index (χ2v) is 9.67. The van der Waals surface area contributed by atoms with Crippen LogP contribution in [0.5, 0.6) is 5.75 Å². The Morgan fingerprint density at radius 1 is 1.03 bits per heavy atom. The number of hydrogen-bond donors (Lipinski definition) is 1. The molecule has 8 heteroatoms. The molecule has 7 nitrogen and oxygen atoms in total. The van der Waals surface area contributed by atoms with Crippen LogP contribution in [0.4, 0.5) is 11.4 Å². The van der Waals surface area contributed by atoms with Crippen LogP contribution in [-0.4, -0.2) is 51.9 Å². The summed E-state index contributed by atoms with van der Waals surface area (Å²) in [4.78, 5) is 14.3. The summed E-state index contributed by atoms with van der Waals surface area (Å²) in [6.45, 7) is 5.91. The molecule has 1 amide bonds. The monoisotopic (exact) mass is 431 g/mol. The van der Waals surface area contributed by atoms with Gasteiger partial charge in [-0.15, -0.1) is 0 Å². The molecule has 0 spiro atoms. The number of nitrogens with zero attached hydrogens (tertiary/aromatic N) is 2. The molecule has 0 saturated carbocycles. The van der Waals surface area contributed by atoms with Crippen molar-refractivity contribution in [2.75, 3.05) is 43.5 Å². The molecule has 30 heavy (non-hydrogen) atoms. The smallest absolute Gasteiger partial charge is 0.243 e. The molecule has 162 valence electrons. The summed E-state index contributed by atoms with van der Waals surface area (Å²) in [5, 5.41) is 2.80. The fraction of sp³-hybridized carbons (Fsp3) is 0.409. The first-order chi connectivity index (χ1) is 14.3. The largest absolute Gasteiger partial charge is 0.495 e. The lowest BCUT2D eigenvalue weighted by Gasteiger charge is -2.35. The predicted molar refractivity (Wildman–Crippen MR) is 118 cm³/mol. The lowest BCUT2D eigenvalue weighted by atomic mass is 10.1. The number of anilines is 2. The third-order valence-corrected chi connectivity index (χ3v) is 6.95. The Bertz CT molecular complexity index is 966. The van der Waals surface area contributed by atoms with E-state index in [1.54, 1.807) is 31.4 Å². The van der Waals surface area contributed by atoms with E-state index in [1.165, 1.54) is 4.31 Å². The van der Waals surface area contributed by atoms with Gasteiger partial charge in [0.15, 0.2) is 0 Å². The molecule has 0 unspecified atom stereocenters. The van der Waals surface area contributed by atoms with E-state index >= 15 is 0 Å².